The number of nitrogens with two attached hydrogens (primary N) is 1. The number of hydrogen-bond acceptors (Lipinski definition) is 7. The Morgan fingerprint density at radius 2 is 2.05 bits per heavy atom. The van der Waals surface area contributed by atoms with Crippen LogP contribution in [0.4, 0.5) is 11.5 Å². The van der Waals surface area contributed by atoms with Crippen LogP contribution in [-0.4, -0.2) is 22.0 Å². The van der Waals surface area contributed by atoms with E-state index < -0.39 is 4.92 Å². The standard InChI is InChI=1S/C13H14N4O4/c1-3-12-15-11(14)7-13(16-12)21-9-5-4-8(17(18)19)6-10(9)20-2/h4-7H,3H2,1-2H3,(H2,14,15,16). The highest BCUT2D eigenvalue weighted by molar-refractivity contribution is 5.50. The Kier molecular flexibility index (Phi) is 4.17. The maximum atomic E-state index is 10.7. The Morgan fingerprint density at radius 1 is 1.29 bits per heavy atom. The van der Waals surface area contributed by atoms with E-state index in [2.05, 4.69) is 9.97 Å². The SMILES string of the molecule is CCc1nc(N)cc(Oc2ccc([N+](=O)[O-])cc2OC)n1. The van der Waals surface area contributed by atoms with Gasteiger partial charge in [0.15, 0.2) is 11.5 Å². The van der Waals surface area contributed by atoms with Crippen LogP contribution in [0.1, 0.15) is 12.7 Å². The molecule has 21 heavy (non-hydrogen) atoms. The van der Waals surface area contributed by atoms with Crippen molar-refractivity contribution in [1.29, 1.82) is 0 Å². The van der Waals surface area contributed by atoms with Crippen LogP contribution in [0.3, 0.4) is 0 Å². The molecule has 2 aromatic rings. The number of anilines is 1. The smallest absolute Gasteiger partial charge is 0.273 e. The van der Waals surface area contributed by atoms with Gasteiger partial charge in [-0.15, -0.1) is 0 Å². The van der Waals surface area contributed by atoms with Crippen LogP contribution in [0.2, 0.25) is 0 Å². The number of nitrogen functional groups attached to an aromatic ring is 1. The van der Waals surface area contributed by atoms with E-state index >= 15 is 0 Å². The van der Waals surface area contributed by atoms with Crippen LogP contribution in [0.5, 0.6) is 17.4 Å². The Bertz CT molecular complexity index is 675. The Morgan fingerprint density at radius 3 is 2.67 bits per heavy atom. The Balaban J connectivity index is 2.35. The minimum absolute atomic E-state index is 0.0874. The lowest BCUT2D eigenvalue weighted by molar-refractivity contribution is -0.384. The number of aryl methyl sites for hydroxylation is 1. The molecule has 0 spiro atoms. The van der Waals surface area contributed by atoms with Crippen molar-refractivity contribution in [2.45, 2.75) is 13.3 Å². The highest BCUT2D eigenvalue weighted by atomic mass is 16.6. The largest absolute Gasteiger partial charge is 0.493 e. The van der Waals surface area contributed by atoms with Gasteiger partial charge >= 0.3 is 0 Å². The number of nitro groups is 1. The normalized spacial score (nSPS) is 10.2. The van der Waals surface area contributed by atoms with Gasteiger partial charge in [-0.3, -0.25) is 10.1 Å². The van der Waals surface area contributed by atoms with Crippen molar-refractivity contribution in [3.63, 3.8) is 0 Å². The average Bonchev–Trinajstić information content (AvgIpc) is 2.46. The van der Waals surface area contributed by atoms with Crippen molar-refractivity contribution in [2.75, 3.05) is 12.8 Å². The number of hydrogen-bond donors (Lipinski definition) is 1. The molecule has 1 aromatic heterocycles. The molecular weight excluding hydrogens is 276 g/mol. The van der Waals surface area contributed by atoms with Crippen molar-refractivity contribution in [3.8, 4) is 17.4 Å². The third kappa shape index (κ3) is 3.35. The van der Waals surface area contributed by atoms with Crippen molar-refractivity contribution in [3.05, 3.63) is 40.2 Å². The first-order valence-corrected chi connectivity index (χ1v) is 6.17. The topological polar surface area (TPSA) is 113 Å². The zero-order chi connectivity index (χ0) is 15.4. The van der Waals surface area contributed by atoms with Gasteiger partial charge in [-0.2, -0.15) is 4.98 Å². The van der Waals surface area contributed by atoms with Crippen LogP contribution in [0.15, 0.2) is 24.3 Å². The first-order valence-electron chi connectivity index (χ1n) is 6.17. The second-order valence-corrected chi connectivity index (χ2v) is 4.10. The zero-order valence-corrected chi connectivity index (χ0v) is 11.6. The molecule has 8 heteroatoms. The van der Waals surface area contributed by atoms with Crippen molar-refractivity contribution < 1.29 is 14.4 Å². The van der Waals surface area contributed by atoms with Crippen LogP contribution in [0, 0.1) is 10.1 Å². The lowest BCUT2D eigenvalue weighted by Crippen LogP contribution is -2.01. The van der Waals surface area contributed by atoms with Crippen LogP contribution in [0.25, 0.3) is 0 Å². The van der Waals surface area contributed by atoms with Gasteiger partial charge in [0.05, 0.1) is 18.1 Å². The summed E-state index contributed by atoms with van der Waals surface area (Å²) in [7, 11) is 1.40. The van der Waals surface area contributed by atoms with Gasteiger partial charge in [0, 0.05) is 18.6 Å². The molecule has 2 N–H and O–H groups in total. The molecule has 8 nitrogen and oxygen atoms in total. The van der Waals surface area contributed by atoms with E-state index in [-0.39, 0.29) is 23.1 Å². The van der Waals surface area contributed by atoms with E-state index in [0.29, 0.717) is 18.0 Å². The predicted octanol–water partition coefficient (Wildman–Crippen LogP) is 2.33. The zero-order valence-electron chi connectivity index (χ0n) is 11.6. The number of nitrogens with zero attached hydrogens (tertiary/aromatic N) is 3. The molecule has 0 aliphatic heterocycles. The van der Waals surface area contributed by atoms with E-state index in [1.807, 2.05) is 6.92 Å². The highest BCUT2D eigenvalue weighted by Crippen LogP contribution is 2.34. The first-order chi connectivity index (χ1) is 10.0. The summed E-state index contributed by atoms with van der Waals surface area (Å²) in [6.07, 6.45) is 0.610. The fourth-order valence-electron chi connectivity index (χ4n) is 1.67. The number of nitro benzene ring substituents is 1. The minimum atomic E-state index is -0.510. The number of rotatable bonds is 5. The first kappa shape index (κ1) is 14.5. The molecule has 0 radical (unpaired) electrons. The number of methoxy groups -OCH3 is 1. The summed E-state index contributed by atoms with van der Waals surface area (Å²) in [5, 5.41) is 10.7. The second kappa shape index (κ2) is 6.04. The lowest BCUT2D eigenvalue weighted by Gasteiger charge is -2.10. The summed E-state index contributed by atoms with van der Waals surface area (Å²) in [4.78, 5) is 18.4. The second-order valence-electron chi connectivity index (χ2n) is 4.10. The van der Waals surface area contributed by atoms with Gasteiger partial charge in [-0.1, -0.05) is 6.92 Å². The molecule has 1 aromatic carbocycles. The fraction of sp³-hybridized carbons (Fsp3) is 0.231. The van der Waals surface area contributed by atoms with Gasteiger partial charge in [0.2, 0.25) is 5.88 Å². The van der Waals surface area contributed by atoms with Gasteiger partial charge in [-0.25, -0.2) is 4.98 Å². The van der Waals surface area contributed by atoms with Gasteiger partial charge in [0.25, 0.3) is 5.69 Å². The third-order valence-electron chi connectivity index (χ3n) is 2.66. The maximum absolute atomic E-state index is 10.7. The number of ether oxygens (including phenoxy) is 2. The third-order valence-corrected chi connectivity index (χ3v) is 2.66. The summed E-state index contributed by atoms with van der Waals surface area (Å²) in [5.41, 5.74) is 5.58. The van der Waals surface area contributed by atoms with E-state index in [1.165, 1.54) is 31.4 Å². The van der Waals surface area contributed by atoms with E-state index in [1.54, 1.807) is 0 Å². The van der Waals surface area contributed by atoms with Crippen molar-refractivity contribution in [1.82, 2.24) is 9.97 Å². The molecule has 1 heterocycles. The average molecular weight is 290 g/mol. The molecule has 0 saturated carbocycles. The van der Waals surface area contributed by atoms with Crippen molar-refractivity contribution in [2.24, 2.45) is 0 Å². The predicted molar refractivity (Wildman–Crippen MR) is 75.5 cm³/mol. The number of benzene rings is 1. The molecule has 110 valence electrons. The van der Waals surface area contributed by atoms with Crippen LogP contribution in [-0.2, 0) is 6.42 Å². The summed E-state index contributed by atoms with van der Waals surface area (Å²) >= 11 is 0. The quantitative estimate of drug-likeness (QED) is 0.663. The Hall–Kier alpha value is -2.90. The lowest BCUT2D eigenvalue weighted by atomic mass is 10.3. The van der Waals surface area contributed by atoms with Crippen LogP contribution < -0.4 is 15.2 Å². The molecular formula is C13H14N4O4. The number of non-ortho nitro benzene ring substituents is 1. The molecule has 0 fully saturated rings. The van der Waals surface area contributed by atoms with Gasteiger partial charge in [0.1, 0.15) is 11.6 Å². The monoisotopic (exact) mass is 290 g/mol. The van der Waals surface area contributed by atoms with E-state index in [4.69, 9.17) is 15.2 Å². The summed E-state index contributed by atoms with van der Waals surface area (Å²) in [6.45, 7) is 1.89. The summed E-state index contributed by atoms with van der Waals surface area (Å²) in [5.74, 6) is 1.64. The molecule has 0 saturated heterocycles. The maximum Gasteiger partial charge on any atom is 0.273 e. The minimum Gasteiger partial charge on any atom is -0.493 e. The van der Waals surface area contributed by atoms with E-state index in [0.717, 1.165) is 0 Å². The molecule has 0 aliphatic carbocycles. The molecule has 0 bridgehead atoms. The van der Waals surface area contributed by atoms with Gasteiger partial charge in [-0.05, 0) is 6.07 Å². The molecule has 0 amide bonds. The molecule has 0 aliphatic rings. The van der Waals surface area contributed by atoms with Crippen LogP contribution >= 0.6 is 0 Å². The van der Waals surface area contributed by atoms with Gasteiger partial charge < -0.3 is 15.2 Å². The number of aromatic nitrogens is 2. The molecule has 2 rings (SSSR count). The van der Waals surface area contributed by atoms with E-state index in [9.17, 15) is 10.1 Å². The molecule has 0 unspecified atom stereocenters. The fourth-order valence-corrected chi connectivity index (χ4v) is 1.67. The van der Waals surface area contributed by atoms with Crippen molar-refractivity contribution >= 4 is 11.5 Å². The molecule has 0 atom stereocenters. The summed E-state index contributed by atoms with van der Waals surface area (Å²) < 4.78 is 10.7. The highest BCUT2D eigenvalue weighted by Gasteiger charge is 2.14. The summed E-state index contributed by atoms with van der Waals surface area (Å²) in [6, 6.07) is 5.52. The Labute approximate surface area is 120 Å².